The molecule has 0 atom stereocenters. The summed E-state index contributed by atoms with van der Waals surface area (Å²) in [5, 5.41) is 14.4. The predicted octanol–water partition coefficient (Wildman–Crippen LogP) is 3.49. The number of rotatable bonds is 5. The maximum absolute atomic E-state index is 11.0. The maximum atomic E-state index is 11.0. The first kappa shape index (κ1) is 16.2. The maximum Gasteiger partial charge on any atom is 0.273 e. The molecule has 0 bridgehead atoms. The van der Waals surface area contributed by atoms with Gasteiger partial charge in [-0.25, -0.2) is 0 Å². The van der Waals surface area contributed by atoms with E-state index in [1.165, 1.54) is 0 Å². The van der Waals surface area contributed by atoms with Crippen LogP contribution in [0, 0.1) is 23.0 Å². The van der Waals surface area contributed by atoms with Crippen LogP contribution in [0.1, 0.15) is 25.3 Å². The van der Waals surface area contributed by atoms with Crippen LogP contribution in [0.4, 0.5) is 11.4 Å². The van der Waals surface area contributed by atoms with E-state index in [2.05, 4.69) is 33.1 Å². The second-order valence-corrected chi connectivity index (χ2v) is 6.44. The Labute approximate surface area is 134 Å². The second-order valence-electron chi connectivity index (χ2n) is 5.59. The van der Waals surface area contributed by atoms with Gasteiger partial charge in [0.25, 0.3) is 5.69 Å². The Bertz CT molecular complexity index is 514. The van der Waals surface area contributed by atoms with E-state index < -0.39 is 0 Å². The summed E-state index contributed by atoms with van der Waals surface area (Å²) in [6, 6.07) is 3.54. The average Bonchev–Trinajstić information content (AvgIpc) is 2.47. The number of nitrogens with one attached hydrogen (secondary N) is 1. The van der Waals surface area contributed by atoms with E-state index in [1.54, 1.807) is 13.0 Å². The van der Waals surface area contributed by atoms with Crippen LogP contribution in [0.5, 0.6) is 0 Å². The minimum absolute atomic E-state index is 0.174. The van der Waals surface area contributed by atoms with E-state index in [0.717, 1.165) is 55.1 Å². The minimum atomic E-state index is -0.327. The van der Waals surface area contributed by atoms with Gasteiger partial charge in [0.05, 0.1) is 10.6 Å². The smallest absolute Gasteiger partial charge is 0.273 e. The van der Waals surface area contributed by atoms with Crippen LogP contribution in [0.2, 0.25) is 0 Å². The molecule has 0 spiro atoms. The molecule has 1 heterocycles. The number of halogens is 1. The van der Waals surface area contributed by atoms with Crippen LogP contribution in [-0.2, 0) is 0 Å². The van der Waals surface area contributed by atoms with E-state index in [9.17, 15) is 10.1 Å². The third-order valence-corrected chi connectivity index (χ3v) is 4.74. The van der Waals surface area contributed by atoms with Gasteiger partial charge in [0.15, 0.2) is 0 Å². The predicted molar refractivity (Wildman–Crippen MR) is 89.0 cm³/mol. The topological polar surface area (TPSA) is 58.4 Å². The van der Waals surface area contributed by atoms with Crippen LogP contribution in [0.3, 0.4) is 0 Å². The van der Waals surface area contributed by atoms with Crippen molar-refractivity contribution in [2.24, 2.45) is 5.92 Å². The zero-order valence-electron chi connectivity index (χ0n) is 12.6. The number of benzene rings is 1. The summed E-state index contributed by atoms with van der Waals surface area (Å²) in [6.07, 6.45) is 2.32. The van der Waals surface area contributed by atoms with Crippen molar-refractivity contribution in [3.8, 4) is 0 Å². The van der Waals surface area contributed by atoms with E-state index >= 15 is 0 Å². The zero-order chi connectivity index (χ0) is 15.4. The summed E-state index contributed by atoms with van der Waals surface area (Å²) in [7, 11) is 0. The Kier molecular flexibility index (Phi) is 5.58. The third-order valence-electron chi connectivity index (χ3n) is 4.10. The molecule has 1 aliphatic rings. The van der Waals surface area contributed by atoms with Gasteiger partial charge in [-0.3, -0.25) is 10.1 Å². The van der Waals surface area contributed by atoms with Gasteiger partial charge in [0.1, 0.15) is 0 Å². The normalized spacial score (nSPS) is 16.2. The fourth-order valence-electron chi connectivity index (χ4n) is 2.82. The lowest BCUT2D eigenvalue weighted by Crippen LogP contribution is -2.37. The molecule has 0 aromatic heterocycles. The molecule has 1 aromatic rings. The zero-order valence-corrected chi connectivity index (χ0v) is 14.1. The van der Waals surface area contributed by atoms with Crippen molar-refractivity contribution in [3.63, 3.8) is 0 Å². The van der Waals surface area contributed by atoms with Gasteiger partial charge in [-0.15, -0.1) is 0 Å². The summed E-state index contributed by atoms with van der Waals surface area (Å²) in [6.45, 7) is 8.05. The minimum Gasteiger partial charge on any atom is -0.371 e. The molecule has 0 amide bonds. The molecular formula is C15H22BrN3O2. The highest BCUT2D eigenvalue weighted by atomic mass is 79.9. The summed E-state index contributed by atoms with van der Waals surface area (Å²) >= 11 is 3.48. The Morgan fingerprint density at radius 1 is 1.43 bits per heavy atom. The quantitative estimate of drug-likeness (QED) is 0.648. The van der Waals surface area contributed by atoms with Gasteiger partial charge in [-0.05, 0) is 60.8 Å². The SMILES string of the molecule is CCNCC1CCN(c2cc(C)c([N+](=O)[O-])cc2Br)CC1. The second kappa shape index (κ2) is 7.22. The Morgan fingerprint density at radius 2 is 2.10 bits per heavy atom. The van der Waals surface area contributed by atoms with Gasteiger partial charge >= 0.3 is 0 Å². The number of piperidine rings is 1. The fraction of sp³-hybridized carbons (Fsp3) is 0.600. The molecule has 1 aromatic carbocycles. The van der Waals surface area contributed by atoms with E-state index in [0.29, 0.717) is 5.56 Å². The van der Waals surface area contributed by atoms with Crippen LogP contribution < -0.4 is 10.2 Å². The molecule has 0 aliphatic carbocycles. The summed E-state index contributed by atoms with van der Waals surface area (Å²) < 4.78 is 0.810. The molecule has 1 saturated heterocycles. The number of nitrogens with zero attached hydrogens (tertiary/aromatic N) is 2. The first-order chi connectivity index (χ1) is 10.0. The van der Waals surface area contributed by atoms with Crippen LogP contribution in [-0.4, -0.2) is 31.1 Å². The molecule has 21 heavy (non-hydrogen) atoms. The number of hydrogen-bond acceptors (Lipinski definition) is 4. The Morgan fingerprint density at radius 3 is 2.67 bits per heavy atom. The lowest BCUT2D eigenvalue weighted by Gasteiger charge is -2.34. The van der Waals surface area contributed by atoms with Crippen LogP contribution in [0.25, 0.3) is 0 Å². The van der Waals surface area contributed by atoms with E-state index in [4.69, 9.17) is 0 Å². The molecule has 116 valence electrons. The number of aryl methyl sites for hydroxylation is 1. The van der Waals surface area contributed by atoms with Crippen molar-refractivity contribution in [3.05, 3.63) is 32.3 Å². The van der Waals surface area contributed by atoms with Gasteiger partial charge in [0, 0.05) is 29.2 Å². The molecular weight excluding hydrogens is 334 g/mol. The molecule has 1 N–H and O–H groups in total. The van der Waals surface area contributed by atoms with Crippen molar-refractivity contribution >= 4 is 27.3 Å². The number of anilines is 1. The number of nitro groups is 1. The fourth-order valence-corrected chi connectivity index (χ4v) is 3.40. The van der Waals surface area contributed by atoms with Gasteiger partial charge in [0.2, 0.25) is 0 Å². The Hall–Kier alpha value is -1.14. The monoisotopic (exact) mass is 355 g/mol. The average molecular weight is 356 g/mol. The van der Waals surface area contributed by atoms with Gasteiger partial charge in [-0.2, -0.15) is 0 Å². The van der Waals surface area contributed by atoms with E-state index in [-0.39, 0.29) is 10.6 Å². The number of hydrogen-bond donors (Lipinski definition) is 1. The molecule has 1 aliphatic heterocycles. The van der Waals surface area contributed by atoms with Gasteiger partial charge in [-0.1, -0.05) is 6.92 Å². The first-order valence-corrected chi connectivity index (χ1v) is 8.22. The molecule has 5 nitrogen and oxygen atoms in total. The lowest BCUT2D eigenvalue weighted by molar-refractivity contribution is -0.385. The highest BCUT2D eigenvalue weighted by Gasteiger charge is 2.22. The molecule has 0 saturated carbocycles. The molecule has 0 unspecified atom stereocenters. The third kappa shape index (κ3) is 3.95. The van der Waals surface area contributed by atoms with Crippen molar-refractivity contribution in [2.75, 3.05) is 31.1 Å². The molecule has 2 rings (SSSR count). The molecule has 6 heteroatoms. The van der Waals surface area contributed by atoms with Crippen molar-refractivity contribution < 1.29 is 4.92 Å². The van der Waals surface area contributed by atoms with Crippen molar-refractivity contribution in [2.45, 2.75) is 26.7 Å². The molecule has 0 radical (unpaired) electrons. The number of nitro benzene ring substituents is 1. The summed E-state index contributed by atoms with van der Waals surface area (Å²) in [4.78, 5) is 13.0. The summed E-state index contributed by atoms with van der Waals surface area (Å²) in [5.41, 5.74) is 1.96. The largest absolute Gasteiger partial charge is 0.371 e. The molecule has 1 fully saturated rings. The standard InChI is InChI=1S/C15H22BrN3O2/c1-3-17-10-12-4-6-18(7-5-12)15-8-11(2)14(19(20)21)9-13(15)16/h8-9,12,17H,3-7,10H2,1-2H3. The first-order valence-electron chi connectivity index (χ1n) is 7.43. The Balaban J connectivity index is 2.07. The highest BCUT2D eigenvalue weighted by Crippen LogP contribution is 2.35. The lowest BCUT2D eigenvalue weighted by atomic mass is 9.96. The van der Waals surface area contributed by atoms with E-state index in [1.807, 2.05) is 6.07 Å². The van der Waals surface area contributed by atoms with Crippen LogP contribution >= 0.6 is 15.9 Å². The van der Waals surface area contributed by atoms with Crippen molar-refractivity contribution in [1.29, 1.82) is 0 Å². The summed E-state index contributed by atoms with van der Waals surface area (Å²) in [5.74, 6) is 0.735. The van der Waals surface area contributed by atoms with Crippen molar-refractivity contribution in [1.82, 2.24) is 5.32 Å². The highest BCUT2D eigenvalue weighted by molar-refractivity contribution is 9.10. The van der Waals surface area contributed by atoms with Gasteiger partial charge < -0.3 is 10.2 Å². The van der Waals surface area contributed by atoms with Crippen LogP contribution in [0.15, 0.2) is 16.6 Å².